The van der Waals surface area contributed by atoms with Crippen LogP contribution in [0.4, 0.5) is 0 Å². The minimum atomic E-state index is -1.02. The first-order valence-corrected chi connectivity index (χ1v) is 5.19. The van der Waals surface area contributed by atoms with Crippen LogP contribution < -0.4 is 5.32 Å². The highest BCUT2D eigenvalue weighted by molar-refractivity contribution is 5.74. The van der Waals surface area contributed by atoms with Crippen molar-refractivity contribution in [3.05, 3.63) is 0 Å². The Kier molecular flexibility index (Phi) is 20.0. The Morgan fingerprint density at radius 1 is 1.13 bits per heavy atom. The topological polar surface area (TPSA) is 86.6 Å². The molecule has 0 saturated carbocycles. The number of nitrogens with one attached hydrogen (secondary N) is 1. The largest absolute Gasteiger partial charge is 0.481 e. The predicted octanol–water partition coefficient (Wildman–Crippen LogP) is 1.58. The van der Waals surface area contributed by atoms with Crippen LogP contribution in [0.15, 0.2) is 0 Å². The Balaban J connectivity index is -0.000000318. The van der Waals surface area contributed by atoms with Crippen molar-refractivity contribution >= 4 is 11.9 Å². The van der Waals surface area contributed by atoms with Gasteiger partial charge >= 0.3 is 11.9 Å². The fourth-order valence-corrected chi connectivity index (χ4v) is 0.659. The van der Waals surface area contributed by atoms with Gasteiger partial charge in [0.2, 0.25) is 0 Å². The second-order valence-corrected chi connectivity index (χ2v) is 2.11. The Bertz CT molecular complexity index is 160. The lowest BCUT2D eigenvalue weighted by atomic mass is 10.1. The summed E-state index contributed by atoms with van der Waals surface area (Å²) >= 11 is 0. The third-order valence-corrected chi connectivity index (χ3v) is 1.29. The fourth-order valence-electron chi connectivity index (χ4n) is 0.659. The van der Waals surface area contributed by atoms with E-state index in [1.165, 1.54) is 7.05 Å². The van der Waals surface area contributed by atoms with Crippen LogP contribution in [0.25, 0.3) is 0 Å². The van der Waals surface area contributed by atoms with Crippen molar-refractivity contribution in [2.24, 2.45) is 0 Å². The van der Waals surface area contributed by atoms with Gasteiger partial charge < -0.3 is 15.5 Å². The molecular formula is C10H23NO4. The smallest absolute Gasteiger partial charge is 0.320 e. The fraction of sp³-hybridized carbons (Fsp3) is 0.800. The number of likely N-dealkylation sites (N-methyl/N-ethyl adjacent to an activating group) is 1. The lowest BCUT2D eigenvalue weighted by Crippen LogP contribution is -2.34. The second-order valence-electron chi connectivity index (χ2n) is 2.11. The van der Waals surface area contributed by atoms with Crippen molar-refractivity contribution < 1.29 is 19.8 Å². The molecule has 0 spiro atoms. The zero-order valence-electron chi connectivity index (χ0n) is 10.2. The van der Waals surface area contributed by atoms with E-state index in [1.54, 1.807) is 0 Å². The van der Waals surface area contributed by atoms with Crippen molar-refractivity contribution in [3.8, 4) is 0 Å². The molecule has 0 rings (SSSR count). The molecule has 0 radical (unpaired) electrons. The van der Waals surface area contributed by atoms with Crippen molar-refractivity contribution in [1.29, 1.82) is 0 Å². The molecule has 0 unspecified atom stereocenters. The molecule has 0 aromatic rings. The highest BCUT2D eigenvalue weighted by atomic mass is 16.4. The second kappa shape index (κ2) is 15.4. The first-order chi connectivity index (χ1) is 7.07. The zero-order chi connectivity index (χ0) is 12.9. The molecular weight excluding hydrogens is 198 g/mol. The first kappa shape index (κ1) is 19.5. The minimum absolute atomic E-state index is 0.112. The number of rotatable bonds is 5. The van der Waals surface area contributed by atoms with Crippen LogP contribution in [0.5, 0.6) is 0 Å². The summed E-state index contributed by atoms with van der Waals surface area (Å²) in [7, 11) is 1.49. The van der Waals surface area contributed by atoms with E-state index >= 15 is 0 Å². The molecule has 92 valence electrons. The summed E-state index contributed by atoms with van der Waals surface area (Å²) in [5.41, 5.74) is 0. The molecule has 0 amide bonds. The summed E-state index contributed by atoms with van der Waals surface area (Å²) < 4.78 is 0. The Hall–Kier alpha value is -1.10. The van der Waals surface area contributed by atoms with E-state index in [1.807, 2.05) is 27.7 Å². The van der Waals surface area contributed by atoms with Crippen LogP contribution in [0.1, 0.15) is 40.5 Å². The monoisotopic (exact) mass is 221 g/mol. The van der Waals surface area contributed by atoms with E-state index in [2.05, 4.69) is 5.32 Å². The molecule has 0 aliphatic carbocycles. The van der Waals surface area contributed by atoms with Crippen LogP contribution >= 0.6 is 0 Å². The number of carboxylic acids is 2. The molecule has 0 aromatic carbocycles. The van der Waals surface area contributed by atoms with Crippen molar-refractivity contribution in [1.82, 2.24) is 5.32 Å². The quantitative estimate of drug-likeness (QED) is 0.656. The van der Waals surface area contributed by atoms with Gasteiger partial charge in [0.05, 0.1) is 0 Å². The molecule has 0 bridgehead atoms. The van der Waals surface area contributed by atoms with E-state index in [0.717, 1.165) is 0 Å². The van der Waals surface area contributed by atoms with Gasteiger partial charge in [-0.05, 0) is 13.5 Å². The van der Waals surface area contributed by atoms with E-state index < -0.39 is 18.0 Å². The Morgan fingerprint density at radius 2 is 1.53 bits per heavy atom. The standard InChI is InChI=1S/C6H11NO4.2C2H6/c1-7-4(6(10)11)2-3-5(8)9;2*1-2/h4,7H,2-3H2,1H3,(H,8,9)(H,10,11);2*1-2H3/t4-;;/m0../s1. The van der Waals surface area contributed by atoms with E-state index in [4.69, 9.17) is 10.2 Å². The summed E-state index contributed by atoms with van der Waals surface area (Å²) in [5, 5.41) is 19.1. The first-order valence-electron chi connectivity index (χ1n) is 5.19. The van der Waals surface area contributed by atoms with Gasteiger partial charge in [-0.3, -0.25) is 9.59 Å². The van der Waals surface area contributed by atoms with Gasteiger partial charge in [-0.1, -0.05) is 27.7 Å². The molecule has 0 aliphatic heterocycles. The van der Waals surface area contributed by atoms with Gasteiger partial charge in [-0.2, -0.15) is 0 Å². The molecule has 5 nitrogen and oxygen atoms in total. The van der Waals surface area contributed by atoms with Crippen LogP contribution in [-0.4, -0.2) is 35.2 Å². The molecule has 0 aromatic heterocycles. The average molecular weight is 221 g/mol. The van der Waals surface area contributed by atoms with Gasteiger partial charge in [0, 0.05) is 6.42 Å². The number of hydrogen-bond acceptors (Lipinski definition) is 3. The third kappa shape index (κ3) is 15.6. The summed E-state index contributed by atoms with van der Waals surface area (Å²) in [6.07, 6.45) is -0.0149. The number of hydrogen-bond donors (Lipinski definition) is 3. The summed E-state index contributed by atoms with van der Waals surface area (Å²) in [6, 6.07) is -0.758. The summed E-state index contributed by atoms with van der Waals surface area (Å²) in [4.78, 5) is 20.3. The molecule has 0 heterocycles. The molecule has 15 heavy (non-hydrogen) atoms. The van der Waals surface area contributed by atoms with Gasteiger partial charge in [0.25, 0.3) is 0 Å². The van der Waals surface area contributed by atoms with E-state index in [9.17, 15) is 9.59 Å². The highest BCUT2D eigenvalue weighted by Crippen LogP contribution is 1.96. The van der Waals surface area contributed by atoms with Gasteiger partial charge in [0.15, 0.2) is 0 Å². The van der Waals surface area contributed by atoms with Crippen molar-refractivity contribution in [2.75, 3.05) is 7.05 Å². The molecule has 0 aliphatic rings. The van der Waals surface area contributed by atoms with Crippen LogP contribution in [0.3, 0.4) is 0 Å². The molecule has 3 N–H and O–H groups in total. The van der Waals surface area contributed by atoms with E-state index in [0.29, 0.717) is 0 Å². The van der Waals surface area contributed by atoms with Crippen LogP contribution in [0.2, 0.25) is 0 Å². The Labute approximate surface area is 91.5 Å². The summed E-state index contributed by atoms with van der Waals surface area (Å²) in [6.45, 7) is 8.00. The maximum absolute atomic E-state index is 10.3. The van der Waals surface area contributed by atoms with Gasteiger partial charge in [-0.15, -0.1) is 0 Å². The van der Waals surface area contributed by atoms with Gasteiger partial charge in [0.1, 0.15) is 6.04 Å². The molecule has 1 atom stereocenters. The molecule has 0 saturated heterocycles. The molecule has 5 heteroatoms. The van der Waals surface area contributed by atoms with E-state index in [-0.39, 0.29) is 12.8 Å². The van der Waals surface area contributed by atoms with Crippen LogP contribution in [-0.2, 0) is 9.59 Å². The average Bonchev–Trinajstić information content (AvgIpc) is 2.24. The highest BCUT2D eigenvalue weighted by Gasteiger charge is 2.15. The lowest BCUT2D eigenvalue weighted by Gasteiger charge is -2.07. The zero-order valence-corrected chi connectivity index (χ0v) is 10.2. The number of aliphatic carboxylic acids is 2. The lowest BCUT2D eigenvalue weighted by molar-refractivity contribution is -0.140. The number of carbonyl (C=O) groups is 2. The third-order valence-electron chi connectivity index (χ3n) is 1.29. The Morgan fingerprint density at radius 3 is 1.73 bits per heavy atom. The maximum Gasteiger partial charge on any atom is 0.320 e. The predicted molar refractivity (Wildman–Crippen MR) is 60.0 cm³/mol. The number of carboxylic acid groups (broad SMARTS) is 2. The normalized spacial score (nSPS) is 9.93. The minimum Gasteiger partial charge on any atom is -0.481 e. The van der Waals surface area contributed by atoms with Crippen LogP contribution in [0, 0.1) is 0 Å². The maximum atomic E-state index is 10.3. The van der Waals surface area contributed by atoms with Crippen molar-refractivity contribution in [3.63, 3.8) is 0 Å². The molecule has 0 fully saturated rings. The summed E-state index contributed by atoms with van der Waals surface area (Å²) in [5.74, 6) is -2.00. The SMILES string of the molecule is CC.CC.CN[C@@H](CCC(=O)O)C(=O)O. The van der Waals surface area contributed by atoms with Gasteiger partial charge in [-0.25, -0.2) is 0 Å². The van der Waals surface area contributed by atoms with Crippen molar-refractivity contribution in [2.45, 2.75) is 46.6 Å².